The van der Waals surface area contributed by atoms with Gasteiger partial charge in [-0.2, -0.15) is 5.10 Å². The number of benzene rings is 4. The molecule has 1 atom stereocenters. The predicted octanol–water partition coefficient (Wildman–Crippen LogP) is 6.76. The molecule has 0 radical (unpaired) electrons. The number of carbonyl (C=O) groups is 1. The van der Waals surface area contributed by atoms with Crippen LogP contribution in [-0.2, 0) is 13.2 Å². The van der Waals surface area contributed by atoms with Crippen molar-refractivity contribution >= 4 is 17.5 Å². The van der Waals surface area contributed by atoms with Crippen LogP contribution in [-0.4, -0.2) is 26.1 Å². The predicted molar refractivity (Wildman–Crippen MR) is 146 cm³/mol. The molecule has 7 heteroatoms. The molecule has 1 aromatic heterocycles. The zero-order valence-electron chi connectivity index (χ0n) is 20.3. The van der Waals surface area contributed by atoms with Gasteiger partial charge in [-0.3, -0.25) is 9.89 Å². The van der Waals surface area contributed by atoms with Crippen molar-refractivity contribution in [3.05, 3.63) is 136 Å². The second kappa shape index (κ2) is 10.1. The highest BCUT2D eigenvalue weighted by Gasteiger charge is 2.42. The van der Waals surface area contributed by atoms with Crippen molar-refractivity contribution in [1.29, 1.82) is 0 Å². The van der Waals surface area contributed by atoms with Crippen LogP contribution < -0.4 is 4.74 Å². The number of hydrogen-bond acceptors (Lipinski definition) is 4. The van der Waals surface area contributed by atoms with Crippen molar-refractivity contribution in [2.75, 3.05) is 0 Å². The molecule has 2 heterocycles. The molecule has 0 bridgehead atoms. The number of nitrogens with one attached hydrogen (secondary N) is 1. The third kappa shape index (κ3) is 4.51. The van der Waals surface area contributed by atoms with E-state index in [1.807, 2.05) is 89.8 Å². The van der Waals surface area contributed by atoms with Crippen molar-refractivity contribution in [3.8, 4) is 22.8 Å². The smallest absolute Gasteiger partial charge is 0.273 e. The van der Waals surface area contributed by atoms with Gasteiger partial charge in [0.25, 0.3) is 5.91 Å². The third-order valence-corrected chi connectivity index (χ3v) is 6.95. The summed E-state index contributed by atoms with van der Waals surface area (Å²) in [6, 6.07) is 32.0. The van der Waals surface area contributed by atoms with Crippen molar-refractivity contribution in [2.24, 2.45) is 0 Å². The number of amides is 1. The summed E-state index contributed by atoms with van der Waals surface area (Å²) in [5.41, 5.74) is 5.09. The van der Waals surface area contributed by atoms with E-state index >= 15 is 0 Å². The number of fused-ring (bicyclic) bond motifs is 1. The number of phenols is 1. The van der Waals surface area contributed by atoms with Gasteiger partial charge in [-0.15, -0.1) is 0 Å². The molecule has 1 aliphatic heterocycles. The summed E-state index contributed by atoms with van der Waals surface area (Å²) in [4.78, 5) is 15.5. The molecule has 5 aromatic rings. The lowest BCUT2D eigenvalue weighted by Gasteiger charge is -2.27. The molecular formula is C31H24ClN3O3. The average molecular weight is 522 g/mol. The Hall–Kier alpha value is -4.55. The molecular weight excluding hydrogens is 498 g/mol. The number of nitrogens with zero attached hydrogens (tertiary/aromatic N) is 2. The average Bonchev–Trinajstić information content (AvgIpc) is 3.49. The minimum absolute atomic E-state index is 0.0427. The van der Waals surface area contributed by atoms with E-state index < -0.39 is 6.04 Å². The SMILES string of the molecule is O=C1c2[nH]nc(-c3cc(Cl)ccc3O)c2C(c2ccc(OCc3ccccc3)cc2)N1Cc1ccccc1. The molecule has 0 spiro atoms. The van der Waals surface area contributed by atoms with Crippen LogP contribution in [0.25, 0.3) is 11.3 Å². The number of ether oxygens (including phenoxy) is 1. The first-order valence-electron chi connectivity index (χ1n) is 12.3. The van der Waals surface area contributed by atoms with Crippen LogP contribution in [0.3, 0.4) is 0 Å². The van der Waals surface area contributed by atoms with Crippen LogP contribution in [0, 0.1) is 0 Å². The van der Waals surface area contributed by atoms with Gasteiger partial charge in [-0.25, -0.2) is 0 Å². The molecule has 0 fully saturated rings. The number of aromatic amines is 1. The van der Waals surface area contributed by atoms with E-state index in [0.717, 1.165) is 22.4 Å². The van der Waals surface area contributed by atoms with Crippen LogP contribution in [0.5, 0.6) is 11.5 Å². The number of aromatic nitrogens is 2. The first-order chi connectivity index (χ1) is 18.6. The fourth-order valence-corrected chi connectivity index (χ4v) is 5.05. The Morgan fingerprint density at radius 3 is 2.29 bits per heavy atom. The summed E-state index contributed by atoms with van der Waals surface area (Å²) < 4.78 is 5.98. The summed E-state index contributed by atoms with van der Waals surface area (Å²) in [7, 11) is 0. The molecule has 38 heavy (non-hydrogen) atoms. The first-order valence-corrected chi connectivity index (χ1v) is 12.6. The summed E-state index contributed by atoms with van der Waals surface area (Å²) in [5, 5.41) is 18.5. The van der Waals surface area contributed by atoms with Crippen LogP contribution in [0.15, 0.2) is 103 Å². The Kier molecular flexibility index (Phi) is 6.32. The van der Waals surface area contributed by atoms with Crippen molar-refractivity contribution in [1.82, 2.24) is 15.1 Å². The van der Waals surface area contributed by atoms with Crippen molar-refractivity contribution < 1.29 is 14.6 Å². The van der Waals surface area contributed by atoms with E-state index in [-0.39, 0.29) is 11.7 Å². The molecule has 6 rings (SSSR count). The van der Waals surface area contributed by atoms with Gasteiger partial charge in [0.15, 0.2) is 0 Å². The molecule has 2 N–H and O–H groups in total. The maximum absolute atomic E-state index is 13.6. The molecule has 0 aliphatic carbocycles. The largest absolute Gasteiger partial charge is 0.507 e. The van der Waals surface area contributed by atoms with Crippen LogP contribution in [0.1, 0.15) is 38.8 Å². The monoisotopic (exact) mass is 521 g/mol. The highest BCUT2D eigenvalue weighted by molar-refractivity contribution is 6.31. The second-order valence-corrected chi connectivity index (χ2v) is 9.62. The van der Waals surface area contributed by atoms with Gasteiger partial charge in [0.05, 0.1) is 6.04 Å². The number of H-pyrrole nitrogens is 1. The number of aromatic hydroxyl groups is 1. The fraction of sp³-hybridized carbons (Fsp3) is 0.0968. The third-order valence-electron chi connectivity index (χ3n) is 6.72. The number of halogens is 1. The van der Waals surface area contributed by atoms with E-state index in [4.69, 9.17) is 16.3 Å². The summed E-state index contributed by atoms with van der Waals surface area (Å²) >= 11 is 6.25. The van der Waals surface area contributed by atoms with Gasteiger partial charge in [0.1, 0.15) is 29.5 Å². The number of carbonyl (C=O) groups excluding carboxylic acids is 1. The minimum Gasteiger partial charge on any atom is -0.507 e. The standard InChI is InChI=1S/C31H24ClN3O3/c32-23-13-16-26(36)25(17-23)28-27-29(34-33-28)31(37)35(18-20-7-3-1-4-8-20)30(27)22-11-14-24(15-12-22)38-19-21-9-5-2-6-10-21/h1-17,30,36H,18-19H2,(H,33,34). The van der Waals surface area contributed by atoms with Crippen molar-refractivity contribution in [3.63, 3.8) is 0 Å². The number of rotatable bonds is 7. The lowest BCUT2D eigenvalue weighted by atomic mass is 9.95. The van der Waals surface area contributed by atoms with Gasteiger partial charge < -0.3 is 14.7 Å². The Bertz CT molecular complexity index is 1580. The molecule has 188 valence electrons. The Morgan fingerprint density at radius 1 is 0.895 bits per heavy atom. The van der Waals surface area contributed by atoms with Crippen LogP contribution >= 0.6 is 11.6 Å². The van der Waals surface area contributed by atoms with E-state index in [2.05, 4.69) is 10.2 Å². The van der Waals surface area contributed by atoms with E-state index in [1.54, 1.807) is 12.1 Å². The second-order valence-electron chi connectivity index (χ2n) is 9.19. The van der Waals surface area contributed by atoms with Crippen molar-refractivity contribution in [2.45, 2.75) is 19.2 Å². The molecule has 0 saturated heterocycles. The highest BCUT2D eigenvalue weighted by Crippen LogP contribution is 2.45. The molecule has 1 aliphatic rings. The van der Waals surface area contributed by atoms with E-state index in [1.165, 1.54) is 6.07 Å². The Labute approximate surface area is 225 Å². The minimum atomic E-state index is -0.423. The molecule has 1 unspecified atom stereocenters. The molecule has 1 amide bonds. The Morgan fingerprint density at radius 2 is 1.58 bits per heavy atom. The van der Waals surface area contributed by atoms with Gasteiger partial charge in [-0.05, 0) is 47.0 Å². The van der Waals surface area contributed by atoms with Gasteiger partial charge in [-0.1, -0.05) is 84.4 Å². The summed E-state index contributed by atoms with van der Waals surface area (Å²) in [6.07, 6.45) is 0. The highest BCUT2D eigenvalue weighted by atomic mass is 35.5. The van der Waals surface area contributed by atoms with Gasteiger partial charge in [0.2, 0.25) is 0 Å². The fourth-order valence-electron chi connectivity index (χ4n) is 4.88. The molecule has 0 saturated carbocycles. The first kappa shape index (κ1) is 23.8. The molecule has 6 nitrogen and oxygen atoms in total. The quantitative estimate of drug-likeness (QED) is 0.248. The topological polar surface area (TPSA) is 78.5 Å². The lowest BCUT2D eigenvalue weighted by molar-refractivity contribution is 0.0730. The van der Waals surface area contributed by atoms with Gasteiger partial charge in [0, 0.05) is 22.7 Å². The maximum atomic E-state index is 13.6. The number of phenolic OH excluding ortho intramolecular Hbond substituents is 1. The normalized spacial score (nSPS) is 14.5. The number of hydrogen-bond donors (Lipinski definition) is 2. The van der Waals surface area contributed by atoms with E-state index in [9.17, 15) is 9.90 Å². The lowest BCUT2D eigenvalue weighted by Crippen LogP contribution is -2.29. The van der Waals surface area contributed by atoms with Crippen LogP contribution in [0.2, 0.25) is 5.02 Å². The Balaban J connectivity index is 1.38. The zero-order valence-corrected chi connectivity index (χ0v) is 21.1. The van der Waals surface area contributed by atoms with Crippen LogP contribution in [0.4, 0.5) is 0 Å². The summed E-state index contributed by atoms with van der Waals surface area (Å²) in [6.45, 7) is 0.881. The zero-order chi connectivity index (χ0) is 26.1. The molecule has 4 aromatic carbocycles. The van der Waals surface area contributed by atoms with E-state index in [0.29, 0.717) is 40.7 Å². The maximum Gasteiger partial charge on any atom is 0.273 e. The van der Waals surface area contributed by atoms with Gasteiger partial charge >= 0.3 is 0 Å². The summed E-state index contributed by atoms with van der Waals surface area (Å²) in [5.74, 6) is 0.622.